The third kappa shape index (κ3) is 3.20. The summed E-state index contributed by atoms with van der Waals surface area (Å²) in [5.74, 6) is -0.447. The average molecular weight is 320 g/mol. The van der Waals surface area contributed by atoms with E-state index in [0.717, 1.165) is 0 Å². The lowest BCUT2D eigenvalue weighted by atomic mass is 10.2. The largest absolute Gasteiger partial charge is 0.441 e. The van der Waals surface area contributed by atoms with Crippen LogP contribution in [0.1, 0.15) is 13.8 Å². The van der Waals surface area contributed by atoms with Crippen LogP contribution in [-0.4, -0.2) is 30.5 Å². The number of ether oxygens (including phenoxy) is 1. The molecule has 1 heterocycles. The molecule has 18 heavy (non-hydrogen) atoms. The van der Waals surface area contributed by atoms with Crippen molar-refractivity contribution in [3.8, 4) is 0 Å². The first kappa shape index (κ1) is 14.9. The Morgan fingerprint density at radius 3 is 2.72 bits per heavy atom. The fourth-order valence-electron chi connectivity index (χ4n) is 1.48. The molecule has 0 aromatic heterocycles. The number of halogens is 2. The molecule has 0 radical (unpaired) electrons. The van der Waals surface area contributed by atoms with Gasteiger partial charge < -0.3 is 9.84 Å². The van der Waals surface area contributed by atoms with Crippen LogP contribution in [0.5, 0.6) is 0 Å². The van der Waals surface area contributed by atoms with E-state index in [0.29, 0.717) is 10.2 Å². The van der Waals surface area contributed by atoms with Crippen molar-refractivity contribution in [3.05, 3.63) is 28.5 Å². The standard InChI is InChI=1S/C10H9BrFNO3.C2H6/c11-8-2-1-6(3-9(8)12)13-4-7(5-14)16-10(13)15;1-2/h1-3,7,14H,4-5H2;1-2H3. The topological polar surface area (TPSA) is 49.8 Å². The number of aliphatic hydroxyl groups is 1. The maximum atomic E-state index is 13.3. The zero-order chi connectivity index (χ0) is 13.7. The number of amides is 1. The summed E-state index contributed by atoms with van der Waals surface area (Å²) in [5.41, 5.74) is 0.418. The summed E-state index contributed by atoms with van der Waals surface area (Å²) in [5, 5.41) is 8.86. The Bertz CT molecular complexity index is 428. The fourth-order valence-corrected chi connectivity index (χ4v) is 1.73. The quantitative estimate of drug-likeness (QED) is 0.911. The molecule has 1 aromatic rings. The molecule has 1 fully saturated rings. The Hall–Kier alpha value is -1.14. The van der Waals surface area contributed by atoms with Crippen LogP contribution in [0.2, 0.25) is 0 Å². The van der Waals surface area contributed by atoms with Gasteiger partial charge in [-0.1, -0.05) is 13.8 Å². The summed E-state index contributed by atoms with van der Waals surface area (Å²) >= 11 is 3.03. The molecule has 0 bridgehead atoms. The number of anilines is 1. The van der Waals surface area contributed by atoms with Gasteiger partial charge in [-0.3, -0.25) is 4.90 Å². The van der Waals surface area contributed by atoms with Crippen molar-refractivity contribution in [3.63, 3.8) is 0 Å². The summed E-state index contributed by atoms with van der Waals surface area (Å²) in [6.45, 7) is 4.00. The molecule has 1 atom stereocenters. The zero-order valence-electron chi connectivity index (χ0n) is 10.2. The van der Waals surface area contributed by atoms with Gasteiger partial charge >= 0.3 is 6.09 Å². The molecule has 0 saturated carbocycles. The number of cyclic esters (lactones) is 1. The minimum absolute atomic E-state index is 0.233. The molecule has 6 heteroatoms. The smallest absolute Gasteiger partial charge is 0.414 e. The Balaban J connectivity index is 0.000000771. The molecule has 1 aromatic carbocycles. The lowest BCUT2D eigenvalue weighted by molar-refractivity contribution is 0.0963. The third-order valence-electron chi connectivity index (χ3n) is 2.29. The number of nitrogens with zero attached hydrogens (tertiary/aromatic N) is 1. The molecule has 1 aliphatic rings. The van der Waals surface area contributed by atoms with Gasteiger partial charge in [0.05, 0.1) is 23.3 Å². The lowest BCUT2D eigenvalue weighted by Crippen LogP contribution is -2.25. The van der Waals surface area contributed by atoms with Gasteiger partial charge in [0.15, 0.2) is 0 Å². The highest BCUT2D eigenvalue weighted by Gasteiger charge is 2.31. The second-order valence-corrected chi connectivity index (χ2v) is 4.25. The molecule has 100 valence electrons. The minimum atomic E-state index is -0.569. The van der Waals surface area contributed by atoms with Crippen molar-refractivity contribution in [2.24, 2.45) is 0 Å². The van der Waals surface area contributed by atoms with Gasteiger partial charge in [-0.2, -0.15) is 0 Å². The highest BCUT2D eigenvalue weighted by Crippen LogP contribution is 2.25. The van der Waals surface area contributed by atoms with Crippen molar-refractivity contribution in [2.45, 2.75) is 20.0 Å². The van der Waals surface area contributed by atoms with Gasteiger partial charge in [-0.25, -0.2) is 9.18 Å². The third-order valence-corrected chi connectivity index (χ3v) is 2.94. The Morgan fingerprint density at radius 1 is 1.56 bits per heavy atom. The molecule has 4 nitrogen and oxygen atoms in total. The molecule has 1 saturated heterocycles. The first-order valence-electron chi connectivity index (χ1n) is 5.66. The second-order valence-electron chi connectivity index (χ2n) is 3.40. The van der Waals surface area contributed by atoms with E-state index in [4.69, 9.17) is 9.84 Å². The number of carbonyl (C=O) groups excluding carboxylic acids is 1. The van der Waals surface area contributed by atoms with E-state index in [9.17, 15) is 9.18 Å². The molecule has 1 unspecified atom stereocenters. The molecule has 2 rings (SSSR count). The fraction of sp³-hybridized carbons (Fsp3) is 0.417. The lowest BCUT2D eigenvalue weighted by Gasteiger charge is -2.12. The van der Waals surface area contributed by atoms with Crippen LogP contribution in [0.25, 0.3) is 0 Å². The van der Waals surface area contributed by atoms with Gasteiger partial charge in [0, 0.05) is 0 Å². The average Bonchev–Trinajstić information content (AvgIpc) is 2.77. The van der Waals surface area contributed by atoms with E-state index in [-0.39, 0.29) is 13.2 Å². The molecule has 0 aliphatic carbocycles. The van der Waals surface area contributed by atoms with E-state index in [1.54, 1.807) is 6.07 Å². The molecule has 1 amide bonds. The normalized spacial score (nSPS) is 18.2. The maximum Gasteiger partial charge on any atom is 0.414 e. The van der Waals surface area contributed by atoms with Crippen LogP contribution in [0.3, 0.4) is 0 Å². The van der Waals surface area contributed by atoms with Crippen LogP contribution in [0.15, 0.2) is 22.7 Å². The summed E-state index contributed by atoms with van der Waals surface area (Å²) in [7, 11) is 0. The maximum absolute atomic E-state index is 13.3. The number of aliphatic hydroxyl groups excluding tert-OH is 1. The molecular weight excluding hydrogens is 305 g/mol. The number of carbonyl (C=O) groups is 1. The van der Waals surface area contributed by atoms with Gasteiger partial charge in [-0.15, -0.1) is 0 Å². The van der Waals surface area contributed by atoms with Crippen molar-refractivity contribution in [2.75, 3.05) is 18.1 Å². The van der Waals surface area contributed by atoms with Gasteiger partial charge in [0.2, 0.25) is 0 Å². The second kappa shape index (κ2) is 6.70. The zero-order valence-corrected chi connectivity index (χ0v) is 11.8. The number of benzene rings is 1. The number of hydrogen-bond acceptors (Lipinski definition) is 3. The van der Waals surface area contributed by atoms with Crippen LogP contribution in [0.4, 0.5) is 14.9 Å². The van der Waals surface area contributed by atoms with Crippen LogP contribution >= 0.6 is 15.9 Å². The highest BCUT2D eigenvalue weighted by molar-refractivity contribution is 9.10. The Labute approximate surface area is 113 Å². The Morgan fingerprint density at radius 2 is 2.22 bits per heavy atom. The monoisotopic (exact) mass is 319 g/mol. The molecule has 0 spiro atoms. The van der Waals surface area contributed by atoms with Crippen molar-refractivity contribution >= 4 is 27.7 Å². The van der Waals surface area contributed by atoms with Crippen molar-refractivity contribution in [1.29, 1.82) is 0 Å². The van der Waals surface area contributed by atoms with E-state index >= 15 is 0 Å². The van der Waals surface area contributed by atoms with Gasteiger partial charge in [0.25, 0.3) is 0 Å². The van der Waals surface area contributed by atoms with Crippen molar-refractivity contribution in [1.82, 2.24) is 0 Å². The summed E-state index contributed by atoms with van der Waals surface area (Å²) in [4.78, 5) is 12.7. The minimum Gasteiger partial charge on any atom is -0.441 e. The van der Waals surface area contributed by atoms with E-state index in [1.165, 1.54) is 17.0 Å². The first-order valence-corrected chi connectivity index (χ1v) is 6.45. The van der Waals surface area contributed by atoms with Crippen molar-refractivity contribution < 1.29 is 19.0 Å². The van der Waals surface area contributed by atoms with E-state index in [2.05, 4.69) is 15.9 Å². The van der Waals surface area contributed by atoms with E-state index in [1.807, 2.05) is 13.8 Å². The SMILES string of the molecule is CC.O=C1OC(CO)CN1c1ccc(Br)c(F)c1. The Kier molecular flexibility index (Phi) is 5.55. The molecule has 1 N–H and O–H groups in total. The van der Waals surface area contributed by atoms with E-state index < -0.39 is 18.0 Å². The predicted molar refractivity (Wildman–Crippen MR) is 70.1 cm³/mol. The summed E-state index contributed by atoms with van der Waals surface area (Å²) < 4.78 is 18.4. The highest BCUT2D eigenvalue weighted by atomic mass is 79.9. The predicted octanol–water partition coefficient (Wildman–Crippen LogP) is 2.93. The number of rotatable bonds is 2. The summed E-state index contributed by atoms with van der Waals surface area (Å²) in [6.07, 6.45) is -1.11. The molecular formula is C12H15BrFNO3. The van der Waals surface area contributed by atoms with Crippen LogP contribution in [0, 0.1) is 5.82 Å². The van der Waals surface area contributed by atoms with Gasteiger partial charge in [0.1, 0.15) is 11.9 Å². The molecule has 1 aliphatic heterocycles. The summed E-state index contributed by atoms with van der Waals surface area (Å²) in [6, 6.07) is 4.36. The number of hydrogen-bond donors (Lipinski definition) is 1. The van der Waals surface area contributed by atoms with Crippen LogP contribution < -0.4 is 4.90 Å². The first-order chi connectivity index (χ1) is 8.61. The van der Waals surface area contributed by atoms with Crippen LogP contribution in [-0.2, 0) is 4.74 Å². The van der Waals surface area contributed by atoms with Gasteiger partial charge in [-0.05, 0) is 34.1 Å².